The maximum absolute atomic E-state index is 12.2. The fourth-order valence-electron chi connectivity index (χ4n) is 2.39. The minimum absolute atomic E-state index is 0.261. The zero-order valence-corrected chi connectivity index (χ0v) is 10.8. The summed E-state index contributed by atoms with van der Waals surface area (Å²) in [4.78, 5) is 29.6. The molecule has 2 aromatic rings. The lowest BCUT2D eigenvalue weighted by Gasteiger charge is -2.13. The van der Waals surface area contributed by atoms with Gasteiger partial charge in [-0.25, -0.2) is 4.98 Å². The van der Waals surface area contributed by atoms with Crippen LogP contribution in [0.15, 0.2) is 36.9 Å². The number of hydrogen-bond donors (Lipinski definition) is 1. The molecule has 6 nitrogen and oxygen atoms in total. The predicted molar refractivity (Wildman–Crippen MR) is 73.1 cm³/mol. The van der Waals surface area contributed by atoms with E-state index in [1.807, 2.05) is 10.8 Å². The lowest BCUT2D eigenvalue weighted by atomic mass is 10.1. The van der Waals surface area contributed by atoms with Crippen LogP contribution in [0.25, 0.3) is 0 Å². The summed E-state index contributed by atoms with van der Waals surface area (Å²) in [6.07, 6.45) is 5.94. The van der Waals surface area contributed by atoms with Crippen LogP contribution >= 0.6 is 0 Å². The highest BCUT2D eigenvalue weighted by molar-refractivity contribution is 6.23. The predicted octanol–water partition coefficient (Wildman–Crippen LogP) is 1.15. The van der Waals surface area contributed by atoms with E-state index in [1.54, 1.807) is 30.7 Å². The number of anilines is 1. The summed E-state index contributed by atoms with van der Waals surface area (Å²) >= 11 is 0. The molecule has 0 spiro atoms. The summed E-state index contributed by atoms with van der Waals surface area (Å²) in [7, 11) is 0. The third kappa shape index (κ3) is 1.95. The minimum atomic E-state index is -0.297. The maximum Gasteiger partial charge on any atom is 0.263 e. The van der Waals surface area contributed by atoms with Crippen molar-refractivity contribution in [2.24, 2.45) is 0 Å². The van der Waals surface area contributed by atoms with Crippen molar-refractivity contribution >= 4 is 17.5 Å². The van der Waals surface area contributed by atoms with Crippen molar-refractivity contribution in [3.8, 4) is 0 Å². The molecule has 6 heteroatoms. The van der Waals surface area contributed by atoms with E-state index in [2.05, 4.69) is 4.98 Å². The number of imidazole rings is 1. The first-order valence-electron chi connectivity index (χ1n) is 6.39. The number of nitrogens with two attached hydrogens (primary N) is 1. The smallest absolute Gasteiger partial charge is 0.263 e. The van der Waals surface area contributed by atoms with E-state index >= 15 is 0 Å². The second-order valence-corrected chi connectivity index (χ2v) is 4.69. The molecule has 0 atom stereocenters. The van der Waals surface area contributed by atoms with E-state index in [9.17, 15) is 9.59 Å². The van der Waals surface area contributed by atoms with Crippen LogP contribution in [0.4, 0.5) is 5.69 Å². The van der Waals surface area contributed by atoms with Crippen LogP contribution in [0.3, 0.4) is 0 Å². The van der Waals surface area contributed by atoms with Gasteiger partial charge in [0.1, 0.15) is 0 Å². The Morgan fingerprint density at radius 3 is 2.70 bits per heavy atom. The Morgan fingerprint density at radius 2 is 2.00 bits per heavy atom. The molecule has 0 fully saturated rings. The molecule has 20 heavy (non-hydrogen) atoms. The standard InChI is InChI=1S/C14H14N4O2/c15-11-4-1-3-10-12(11)14(20)18(13(10)19)7-2-6-17-8-5-16-9-17/h1,3-5,8-9H,2,6-7,15H2. The second-order valence-electron chi connectivity index (χ2n) is 4.69. The molecule has 1 aromatic carbocycles. The zero-order chi connectivity index (χ0) is 14.1. The topological polar surface area (TPSA) is 81.2 Å². The number of aromatic nitrogens is 2. The van der Waals surface area contributed by atoms with E-state index in [1.165, 1.54) is 4.90 Å². The van der Waals surface area contributed by atoms with E-state index in [-0.39, 0.29) is 11.8 Å². The van der Waals surface area contributed by atoms with Crippen LogP contribution in [0.1, 0.15) is 27.1 Å². The van der Waals surface area contributed by atoms with Gasteiger partial charge < -0.3 is 10.3 Å². The van der Waals surface area contributed by atoms with E-state index in [4.69, 9.17) is 5.73 Å². The van der Waals surface area contributed by atoms with E-state index in [0.29, 0.717) is 36.3 Å². The number of benzene rings is 1. The van der Waals surface area contributed by atoms with Crippen LogP contribution < -0.4 is 5.73 Å². The molecule has 0 bridgehead atoms. The number of nitrogens with zero attached hydrogens (tertiary/aromatic N) is 3. The maximum atomic E-state index is 12.2. The van der Waals surface area contributed by atoms with Gasteiger partial charge in [0, 0.05) is 31.2 Å². The molecule has 0 radical (unpaired) electrons. The Bertz CT molecular complexity index is 664. The molecule has 3 rings (SSSR count). The SMILES string of the molecule is Nc1cccc2c1C(=O)N(CCCn1ccnc1)C2=O. The van der Waals surface area contributed by atoms with Crippen LogP contribution in [-0.4, -0.2) is 32.8 Å². The van der Waals surface area contributed by atoms with Gasteiger partial charge >= 0.3 is 0 Å². The number of nitrogen functional groups attached to an aromatic ring is 1. The summed E-state index contributed by atoms with van der Waals surface area (Å²) in [5.74, 6) is -0.559. The summed E-state index contributed by atoms with van der Waals surface area (Å²) in [6.45, 7) is 1.09. The quantitative estimate of drug-likeness (QED) is 0.667. The Morgan fingerprint density at radius 1 is 1.15 bits per heavy atom. The van der Waals surface area contributed by atoms with Crippen LogP contribution in [0.5, 0.6) is 0 Å². The molecule has 1 aliphatic heterocycles. The highest BCUT2D eigenvalue weighted by Gasteiger charge is 2.36. The third-order valence-corrected chi connectivity index (χ3v) is 3.39. The number of carbonyl (C=O) groups is 2. The van der Waals surface area contributed by atoms with Crippen molar-refractivity contribution in [2.75, 3.05) is 12.3 Å². The summed E-state index contributed by atoms with van der Waals surface area (Å²) in [6, 6.07) is 4.97. The fourth-order valence-corrected chi connectivity index (χ4v) is 2.39. The van der Waals surface area contributed by atoms with Gasteiger partial charge in [-0.1, -0.05) is 6.07 Å². The first-order chi connectivity index (χ1) is 9.68. The monoisotopic (exact) mass is 270 g/mol. The average Bonchev–Trinajstić information content (AvgIpc) is 3.02. The molecule has 2 amide bonds. The number of hydrogen-bond acceptors (Lipinski definition) is 4. The molecule has 1 aliphatic rings. The lowest BCUT2D eigenvalue weighted by molar-refractivity contribution is 0.0651. The summed E-state index contributed by atoms with van der Waals surface area (Å²) < 4.78 is 1.91. The van der Waals surface area contributed by atoms with Gasteiger partial charge in [0.2, 0.25) is 0 Å². The molecule has 0 aliphatic carbocycles. The van der Waals surface area contributed by atoms with Crippen molar-refractivity contribution in [3.63, 3.8) is 0 Å². The Kier molecular flexibility index (Phi) is 2.98. The first kappa shape index (κ1) is 12.4. The Balaban J connectivity index is 1.72. The van der Waals surface area contributed by atoms with Crippen molar-refractivity contribution < 1.29 is 9.59 Å². The van der Waals surface area contributed by atoms with E-state index in [0.717, 1.165) is 0 Å². The molecule has 2 heterocycles. The highest BCUT2D eigenvalue weighted by Crippen LogP contribution is 2.27. The summed E-state index contributed by atoms with van der Waals surface area (Å²) in [5, 5.41) is 0. The molecule has 0 unspecified atom stereocenters. The number of fused-ring (bicyclic) bond motifs is 1. The Hall–Kier alpha value is -2.63. The molecule has 2 N–H and O–H groups in total. The fraction of sp³-hybridized carbons (Fsp3) is 0.214. The van der Waals surface area contributed by atoms with Gasteiger partial charge in [-0.2, -0.15) is 0 Å². The van der Waals surface area contributed by atoms with Gasteiger partial charge in [0.15, 0.2) is 0 Å². The van der Waals surface area contributed by atoms with E-state index < -0.39 is 0 Å². The lowest BCUT2D eigenvalue weighted by Crippen LogP contribution is -2.31. The van der Waals surface area contributed by atoms with Gasteiger partial charge in [-0.05, 0) is 18.6 Å². The number of amides is 2. The third-order valence-electron chi connectivity index (χ3n) is 3.39. The molecular weight excluding hydrogens is 256 g/mol. The van der Waals surface area contributed by atoms with Crippen molar-refractivity contribution in [3.05, 3.63) is 48.0 Å². The van der Waals surface area contributed by atoms with Crippen molar-refractivity contribution in [2.45, 2.75) is 13.0 Å². The molecular formula is C14H14N4O2. The minimum Gasteiger partial charge on any atom is -0.398 e. The number of imide groups is 1. The number of carbonyl (C=O) groups excluding carboxylic acids is 2. The van der Waals surface area contributed by atoms with Gasteiger partial charge in [0.05, 0.1) is 17.5 Å². The number of rotatable bonds is 4. The molecule has 102 valence electrons. The molecule has 0 saturated carbocycles. The van der Waals surface area contributed by atoms with Gasteiger partial charge in [0.25, 0.3) is 11.8 Å². The van der Waals surface area contributed by atoms with Crippen molar-refractivity contribution in [1.29, 1.82) is 0 Å². The zero-order valence-electron chi connectivity index (χ0n) is 10.8. The van der Waals surface area contributed by atoms with Crippen molar-refractivity contribution in [1.82, 2.24) is 14.5 Å². The largest absolute Gasteiger partial charge is 0.398 e. The normalized spacial score (nSPS) is 13.9. The number of aryl methyl sites for hydroxylation is 1. The van der Waals surface area contributed by atoms with Crippen LogP contribution in [0, 0.1) is 0 Å². The average molecular weight is 270 g/mol. The van der Waals surface area contributed by atoms with Crippen LogP contribution in [0.2, 0.25) is 0 Å². The van der Waals surface area contributed by atoms with Gasteiger partial charge in [-0.3, -0.25) is 14.5 Å². The molecule has 0 saturated heterocycles. The second kappa shape index (κ2) is 4.80. The van der Waals surface area contributed by atoms with Crippen LogP contribution in [-0.2, 0) is 6.54 Å². The summed E-state index contributed by atoms with van der Waals surface area (Å²) in [5.41, 5.74) is 6.87. The highest BCUT2D eigenvalue weighted by atomic mass is 16.2. The first-order valence-corrected chi connectivity index (χ1v) is 6.39. The van der Waals surface area contributed by atoms with Gasteiger partial charge in [-0.15, -0.1) is 0 Å². The Labute approximate surface area is 115 Å². The molecule has 1 aromatic heterocycles.